The van der Waals surface area contributed by atoms with Crippen LogP contribution >= 0.6 is 23.8 Å². The molecule has 4 nitrogen and oxygen atoms in total. The third-order valence-corrected chi connectivity index (χ3v) is 2.85. The first-order valence-corrected chi connectivity index (χ1v) is 6.58. The maximum absolute atomic E-state index is 13.5. The summed E-state index contributed by atoms with van der Waals surface area (Å²) in [6.45, 7) is 2.70. The summed E-state index contributed by atoms with van der Waals surface area (Å²) in [5.74, 6) is -0.929. The molecule has 0 saturated carbocycles. The highest BCUT2D eigenvalue weighted by Gasteiger charge is 2.11. The molecule has 3 N–H and O–H groups in total. The summed E-state index contributed by atoms with van der Waals surface area (Å²) >= 11 is 10.7. The first kappa shape index (κ1) is 15.7. The number of amides is 1. The molecule has 0 saturated heterocycles. The molecule has 0 atom stereocenters. The van der Waals surface area contributed by atoms with E-state index in [0.717, 1.165) is 6.42 Å². The van der Waals surface area contributed by atoms with Gasteiger partial charge in [-0.3, -0.25) is 15.6 Å². The maximum atomic E-state index is 13.5. The van der Waals surface area contributed by atoms with Gasteiger partial charge in [-0.05, 0) is 30.8 Å². The van der Waals surface area contributed by atoms with Crippen molar-refractivity contribution >= 4 is 34.8 Å². The predicted molar refractivity (Wildman–Crippen MR) is 77.3 cm³/mol. The summed E-state index contributed by atoms with van der Waals surface area (Å²) in [7, 11) is 0. The normalized spacial score (nSPS) is 9.84. The Labute approximate surface area is 121 Å². The lowest BCUT2D eigenvalue weighted by molar-refractivity contribution is -0.121. The van der Waals surface area contributed by atoms with E-state index in [9.17, 15) is 9.18 Å². The molecular weight excluding hydrogens is 289 g/mol. The number of hydrazine groups is 1. The van der Waals surface area contributed by atoms with Crippen LogP contribution in [-0.2, 0) is 11.2 Å². The molecule has 104 valence electrons. The molecule has 7 heteroatoms. The van der Waals surface area contributed by atoms with E-state index >= 15 is 0 Å². The van der Waals surface area contributed by atoms with Crippen molar-refractivity contribution in [3.63, 3.8) is 0 Å². The molecule has 0 fully saturated rings. The Bertz CT molecular complexity index is 450. The van der Waals surface area contributed by atoms with Crippen molar-refractivity contribution in [2.24, 2.45) is 0 Å². The molecule has 0 aliphatic carbocycles. The Balaban J connectivity index is 2.45. The van der Waals surface area contributed by atoms with Crippen LogP contribution in [0.2, 0.25) is 5.02 Å². The summed E-state index contributed by atoms with van der Waals surface area (Å²) in [5.41, 5.74) is 5.07. The summed E-state index contributed by atoms with van der Waals surface area (Å²) in [6, 6.07) is 4.28. The van der Waals surface area contributed by atoms with E-state index in [2.05, 4.69) is 16.2 Å². The van der Waals surface area contributed by atoms with Crippen molar-refractivity contribution in [3.8, 4) is 0 Å². The molecule has 0 bridgehead atoms. The van der Waals surface area contributed by atoms with Crippen LogP contribution in [0.15, 0.2) is 18.2 Å². The Morgan fingerprint density at radius 1 is 1.42 bits per heavy atom. The minimum Gasteiger partial charge on any atom is -0.361 e. The Morgan fingerprint density at radius 3 is 2.79 bits per heavy atom. The van der Waals surface area contributed by atoms with Crippen molar-refractivity contribution in [1.82, 2.24) is 16.2 Å². The number of hydrogen-bond acceptors (Lipinski definition) is 2. The van der Waals surface area contributed by atoms with Gasteiger partial charge in [0.2, 0.25) is 5.91 Å². The number of carbonyl (C=O) groups is 1. The zero-order valence-electron chi connectivity index (χ0n) is 10.4. The third-order valence-electron chi connectivity index (χ3n) is 2.25. The van der Waals surface area contributed by atoms with E-state index in [1.807, 2.05) is 6.92 Å². The van der Waals surface area contributed by atoms with Gasteiger partial charge in [-0.25, -0.2) is 4.39 Å². The Kier molecular flexibility index (Phi) is 6.52. The van der Waals surface area contributed by atoms with Gasteiger partial charge in [-0.15, -0.1) is 0 Å². The molecule has 1 amide bonds. The summed E-state index contributed by atoms with van der Waals surface area (Å²) in [6.07, 6.45) is 0.759. The van der Waals surface area contributed by atoms with E-state index in [1.165, 1.54) is 18.2 Å². The quantitative estimate of drug-likeness (QED) is 0.588. The lowest BCUT2D eigenvalue weighted by Gasteiger charge is -2.11. The van der Waals surface area contributed by atoms with Crippen molar-refractivity contribution in [3.05, 3.63) is 34.6 Å². The smallest absolute Gasteiger partial charge is 0.242 e. The van der Waals surface area contributed by atoms with E-state index in [1.54, 1.807) is 0 Å². The third kappa shape index (κ3) is 5.40. The fourth-order valence-corrected chi connectivity index (χ4v) is 1.70. The number of hydrogen-bond donors (Lipinski definition) is 3. The second-order valence-corrected chi connectivity index (χ2v) is 4.62. The second kappa shape index (κ2) is 7.91. The molecular formula is C12H15ClFN3OS. The lowest BCUT2D eigenvalue weighted by atomic mass is 10.1. The first-order valence-electron chi connectivity index (χ1n) is 5.80. The van der Waals surface area contributed by atoms with Crippen molar-refractivity contribution in [2.75, 3.05) is 6.54 Å². The average molecular weight is 304 g/mol. The fourth-order valence-electron chi connectivity index (χ4n) is 1.32. The van der Waals surface area contributed by atoms with Crippen molar-refractivity contribution in [1.29, 1.82) is 0 Å². The minimum absolute atomic E-state index is 0.158. The van der Waals surface area contributed by atoms with Crippen LogP contribution in [0.3, 0.4) is 0 Å². The van der Waals surface area contributed by atoms with Gasteiger partial charge in [0.25, 0.3) is 0 Å². The van der Waals surface area contributed by atoms with E-state index in [4.69, 9.17) is 23.8 Å². The molecule has 1 aromatic carbocycles. The van der Waals surface area contributed by atoms with Crippen LogP contribution in [0.1, 0.15) is 18.9 Å². The average Bonchev–Trinajstić information content (AvgIpc) is 2.38. The number of benzene rings is 1. The van der Waals surface area contributed by atoms with E-state index in [-0.39, 0.29) is 17.0 Å². The van der Waals surface area contributed by atoms with Gasteiger partial charge in [0.05, 0.1) is 6.42 Å². The van der Waals surface area contributed by atoms with Crippen LogP contribution in [0.25, 0.3) is 0 Å². The van der Waals surface area contributed by atoms with Crippen LogP contribution in [0, 0.1) is 5.82 Å². The fraction of sp³-hybridized carbons (Fsp3) is 0.333. The molecule has 1 rings (SSSR count). The van der Waals surface area contributed by atoms with Crippen LogP contribution < -0.4 is 16.2 Å². The van der Waals surface area contributed by atoms with Crippen molar-refractivity contribution in [2.45, 2.75) is 19.8 Å². The molecule has 0 heterocycles. The number of carbonyl (C=O) groups excluding carboxylic acids is 1. The highest BCUT2D eigenvalue weighted by Crippen LogP contribution is 2.19. The molecule has 0 aliphatic heterocycles. The van der Waals surface area contributed by atoms with Gasteiger partial charge in [0, 0.05) is 17.1 Å². The van der Waals surface area contributed by atoms with Gasteiger partial charge in [0.1, 0.15) is 5.82 Å². The summed E-state index contributed by atoms with van der Waals surface area (Å²) < 4.78 is 13.5. The standard InChI is InChI=1S/C12H15ClFN3OS/c1-2-6-15-12(19)17-16-11(18)7-8-9(13)4-3-5-10(8)14/h3-5H,2,6-7H2,1H3,(H,16,18)(H2,15,17,19). The molecule has 0 unspecified atom stereocenters. The van der Waals surface area contributed by atoms with Gasteiger partial charge in [-0.1, -0.05) is 24.6 Å². The summed E-state index contributed by atoms with van der Waals surface area (Å²) in [5, 5.41) is 3.42. The zero-order valence-corrected chi connectivity index (χ0v) is 12.0. The van der Waals surface area contributed by atoms with Crippen molar-refractivity contribution < 1.29 is 9.18 Å². The molecule has 19 heavy (non-hydrogen) atoms. The molecule has 0 radical (unpaired) electrons. The minimum atomic E-state index is -0.505. The van der Waals surface area contributed by atoms with E-state index in [0.29, 0.717) is 11.7 Å². The van der Waals surface area contributed by atoms with Gasteiger partial charge >= 0.3 is 0 Å². The molecule has 0 spiro atoms. The maximum Gasteiger partial charge on any atom is 0.242 e. The number of halogens is 2. The molecule has 1 aromatic rings. The first-order chi connectivity index (χ1) is 9.04. The van der Waals surface area contributed by atoms with Gasteiger partial charge in [-0.2, -0.15) is 0 Å². The zero-order chi connectivity index (χ0) is 14.3. The Morgan fingerprint density at radius 2 is 2.16 bits per heavy atom. The van der Waals surface area contributed by atoms with Crippen LogP contribution in [0.5, 0.6) is 0 Å². The monoisotopic (exact) mass is 303 g/mol. The van der Waals surface area contributed by atoms with Gasteiger partial charge in [0.15, 0.2) is 5.11 Å². The predicted octanol–water partition coefficient (Wildman–Crippen LogP) is 1.93. The number of nitrogens with one attached hydrogen (secondary N) is 3. The van der Waals surface area contributed by atoms with E-state index < -0.39 is 11.7 Å². The number of rotatable bonds is 4. The highest BCUT2D eigenvalue weighted by atomic mass is 35.5. The van der Waals surface area contributed by atoms with Gasteiger partial charge < -0.3 is 5.32 Å². The van der Waals surface area contributed by atoms with Crippen LogP contribution in [-0.4, -0.2) is 17.6 Å². The lowest BCUT2D eigenvalue weighted by Crippen LogP contribution is -2.47. The van der Waals surface area contributed by atoms with Crippen LogP contribution in [0.4, 0.5) is 4.39 Å². The SMILES string of the molecule is CCCNC(=S)NNC(=O)Cc1c(F)cccc1Cl. The molecule has 0 aliphatic rings. The Hall–Kier alpha value is -1.40. The second-order valence-electron chi connectivity index (χ2n) is 3.81. The largest absolute Gasteiger partial charge is 0.361 e. The number of thiocarbonyl (C=S) groups is 1. The summed E-state index contributed by atoms with van der Waals surface area (Å²) in [4.78, 5) is 11.6. The highest BCUT2D eigenvalue weighted by molar-refractivity contribution is 7.80. The molecule has 0 aromatic heterocycles. The topological polar surface area (TPSA) is 53.2 Å².